The average Bonchev–Trinajstić information content (AvgIpc) is 3.55. The summed E-state index contributed by atoms with van der Waals surface area (Å²) >= 11 is 1.81. The summed E-state index contributed by atoms with van der Waals surface area (Å²) in [5.74, 6) is 0.703. The largest absolute Gasteiger partial charge is 0.452 e. The molecule has 0 aliphatic carbocycles. The normalized spacial score (nSPS) is 11.7. The minimum atomic E-state index is 0.703. The van der Waals surface area contributed by atoms with Crippen LogP contribution >= 0.6 is 11.3 Å². The molecule has 4 heteroatoms. The Morgan fingerprint density at radius 1 is 0.553 bits per heavy atom. The smallest absolute Gasteiger partial charge is 0.180 e. The highest BCUT2D eigenvalue weighted by atomic mass is 32.1. The lowest BCUT2D eigenvalue weighted by molar-refractivity contribution is 0.667. The van der Waals surface area contributed by atoms with E-state index in [1.807, 2.05) is 47.7 Å². The molecule has 0 saturated heterocycles. The standard InChI is InChI=1S/C34H20N2OS/c1-3-11-21(12-4-1)23-19-26(30-25-16-8-10-18-28(25)38-29(30)20-23)34-35-31(22-13-5-2-6-14-22)33-32(36-34)24-15-7-9-17-27(24)37-33/h1-20H. The van der Waals surface area contributed by atoms with Crippen molar-refractivity contribution < 1.29 is 4.42 Å². The molecule has 0 unspecified atom stereocenters. The van der Waals surface area contributed by atoms with Crippen LogP contribution < -0.4 is 0 Å². The summed E-state index contributed by atoms with van der Waals surface area (Å²) in [5, 5.41) is 3.41. The van der Waals surface area contributed by atoms with Crippen LogP contribution in [-0.2, 0) is 0 Å². The van der Waals surface area contributed by atoms with Gasteiger partial charge >= 0.3 is 0 Å². The van der Waals surface area contributed by atoms with Gasteiger partial charge in [-0.15, -0.1) is 11.3 Å². The van der Waals surface area contributed by atoms with Crippen molar-refractivity contribution in [2.24, 2.45) is 0 Å². The molecule has 178 valence electrons. The molecule has 0 saturated carbocycles. The van der Waals surface area contributed by atoms with Crippen molar-refractivity contribution in [3.63, 3.8) is 0 Å². The van der Waals surface area contributed by atoms with E-state index in [4.69, 9.17) is 14.4 Å². The fraction of sp³-hybridized carbons (Fsp3) is 0. The lowest BCUT2D eigenvalue weighted by atomic mass is 9.98. The van der Waals surface area contributed by atoms with Crippen LogP contribution in [0, 0.1) is 0 Å². The Labute approximate surface area is 222 Å². The molecule has 38 heavy (non-hydrogen) atoms. The summed E-state index contributed by atoms with van der Waals surface area (Å²) in [5.41, 5.74) is 7.53. The molecule has 0 atom stereocenters. The SMILES string of the molecule is c1ccc(-c2cc(-c3nc(-c4ccccc4)c4oc5ccccc5c4n3)c3c(c2)sc2ccccc23)cc1. The molecule has 0 aliphatic heterocycles. The van der Waals surface area contributed by atoms with E-state index >= 15 is 0 Å². The van der Waals surface area contributed by atoms with E-state index in [0.29, 0.717) is 11.4 Å². The molecule has 8 rings (SSSR count). The van der Waals surface area contributed by atoms with E-state index in [0.717, 1.165) is 38.9 Å². The number of fused-ring (bicyclic) bond motifs is 6. The molecule has 8 aromatic rings. The van der Waals surface area contributed by atoms with E-state index in [1.165, 1.54) is 25.7 Å². The number of hydrogen-bond donors (Lipinski definition) is 0. The van der Waals surface area contributed by atoms with Crippen molar-refractivity contribution in [3.8, 4) is 33.8 Å². The van der Waals surface area contributed by atoms with Crippen LogP contribution in [0.2, 0.25) is 0 Å². The maximum absolute atomic E-state index is 6.34. The molecule has 0 aliphatic rings. The van der Waals surface area contributed by atoms with Crippen molar-refractivity contribution in [1.29, 1.82) is 0 Å². The highest BCUT2D eigenvalue weighted by Crippen LogP contribution is 2.43. The second-order valence-corrected chi connectivity index (χ2v) is 10.5. The fourth-order valence-electron chi connectivity index (χ4n) is 5.33. The number of thiophene rings is 1. The highest BCUT2D eigenvalue weighted by Gasteiger charge is 2.21. The predicted molar refractivity (Wildman–Crippen MR) is 159 cm³/mol. The van der Waals surface area contributed by atoms with Crippen LogP contribution in [0.5, 0.6) is 0 Å². The number of aromatic nitrogens is 2. The second kappa shape index (κ2) is 8.37. The van der Waals surface area contributed by atoms with E-state index in [9.17, 15) is 0 Å². The second-order valence-electron chi connectivity index (χ2n) is 9.40. The van der Waals surface area contributed by atoms with Crippen LogP contribution in [-0.4, -0.2) is 9.97 Å². The van der Waals surface area contributed by atoms with Crippen LogP contribution in [0.3, 0.4) is 0 Å². The molecule has 5 aromatic carbocycles. The van der Waals surface area contributed by atoms with Crippen molar-refractivity contribution in [3.05, 3.63) is 121 Å². The minimum absolute atomic E-state index is 0.703. The number of rotatable bonds is 3. The zero-order valence-corrected chi connectivity index (χ0v) is 21.1. The van der Waals surface area contributed by atoms with Crippen molar-refractivity contribution in [1.82, 2.24) is 9.97 Å². The lowest BCUT2D eigenvalue weighted by Gasteiger charge is -2.10. The van der Waals surface area contributed by atoms with Crippen molar-refractivity contribution in [2.45, 2.75) is 0 Å². The van der Waals surface area contributed by atoms with Gasteiger partial charge in [0, 0.05) is 36.7 Å². The van der Waals surface area contributed by atoms with Gasteiger partial charge in [0.05, 0.1) is 0 Å². The number of hydrogen-bond acceptors (Lipinski definition) is 4. The molecule has 3 heterocycles. The van der Waals surface area contributed by atoms with Gasteiger partial charge in [0.15, 0.2) is 11.4 Å². The monoisotopic (exact) mass is 504 g/mol. The topological polar surface area (TPSA) is 38.9 Å². The first kappa shape index (κ1) is 21.3. The maximum atomic E-state index is 6.34. The quantitative estimate of drug-likeness (QED) is 0.240. The van der Waals surface area contributed by atoms with Gasteiger partial charge in [0.25, 0.3) is 0 Å². The van der Waals surface area contributed by atoms with E-state index in [-0.39, 0.29) is 0 Å². The molecule has 3 nitrogen and oxygen atoms in total. The highest BCUT2D eigenvalue weighted by molar-refractivity contribution is 7.26. The van der Waals surface area contributed by atoms with Crippen LogP contribution in [0.4, 0.5) is 0 Å². The Morgan fingerprint density at radius 2 is 1.24 bits per heavy atom. The van der Waals surface area contributed by atoms with Gasteiger partial charge in [0.1, 0.15) is 16.8 Å². The first-order chi connectivity index (χ1) is 18.8. The first-order valence-electron chi connectivity index (χ1n) is 12.6. The van der Waals surface area contributed by atoms with Gasteiger partial charge in [-0.2, -0.15) is 0 Å². The first-order valence-corrected chi connectivity index (χ1v) is 13.4. The van der Waals surface area contributed by atoms with Gasteiger partial charge in [-0.1, -0.05) is 91.0 Å². The summed E-state index contributed by atoms with van der Waals surface area (Å²) in [4.78, 5) is 10.4. The van der Waals surface area contributed by atoms with Crippen molar-refractivity contribution >= 4 is 53.6 Å². The molecule has 0 radical (unpaired) electrons. The lowest BCUT2D eigenvalue weighted by Crippen LogP contribution is -1.95. The number of para-hydroxylation sites is 1. The van der Waals surface area contributed by atoms with Crippen LogP contribution in [0.1, 0.15) is 0 Å². The van der Waals surface area contributed by atoms with Crippen LogP contribution in [0.25, 0.3) is 76.0 Å². The molecular weight excluding hydrogens is 484 g/mol. The molecule has 3 aromatic heterocycles. The summed E-state index contributed by atoms with van der Waals surface area (Å²) in [7, 11) is 0. The number of furan rings is 1. The van der Waals surface area contributed by atoms with Gasteiger partial charge in [-0.05, 0) is 41.5 Å². The van der Waals surface area contributed by atoms with E-state index in [2.05, 4.69) is 84.9 Å². The fourth-order valence-corrected chi connectivity index (χ4v) is 6.50. The number of benzene rings is 5. The van der Waals surface area contributed by atoms with Gasteiger partial charge in [-0.25, -0.2) is 9.97 Å². The minimum Gasteiger partial charge on any atom is -0.452 e. The third kappa shape index (κ3) is 3.28. The molecule has 0 amide bonds. The molecular formula is C34H20N2OS. The summed E-state index contributed by atoms with van der Waals surface area (Å²) in [6, 6.07) is 42.0. The van der Waals surface area contributed by atoms with Gasteiger partial charge < -0.3 is 4.42 Å². The predicted octanol–water partition coefficient (Wildman–Crippen LogP) is 9.74. The van der Waals surface area contributed by atoms with E-state index in [1.54, 1.807) is 0 Å². The van der Waals surface area contributed by atoms with E-state index < -0.39 is 0 Å². The average molecular weight is 505 g/mol. The van der Waals surface area contributed by atoms with Crippen molar-refractivity contribution in [2.75, 3.05) is 0 Å². The Hall–Kier alpha value is -4.80. The molecule has 0 fully saturated rings. The molecule has 0 N–H and O–H groups in total. The third-order valence-electron chi connectivity index (χ3n) is 7.09. The number of nitrogens with zero attached hydrogens (tertiary/aromatic N) is 2. The maximum Gasteiger partial charge on any atom is 0.180 e. The zero-order valence-electron chi connectivity index (χ0n) is 20.3. The Kier molecular flexibility index (Phi) is 4.69. The summed E-state index contributed by atoms with van der Waals surface area (Å²) in [6.07, 6.45) is 0. The Bertz CT molecular complexity index is 2130. The molecule has 0 spiro atoms. The van der Waals surface area contributed by atoms with Crippen LogP contribution in [0.15, 0.2) is 126 Å². The Morgan fingerprint density at radius 3 is 2.05 bits per heavy atom. The third-order valence-corrected chi connectivity index (χ3v) is 8.21. The molecule has 0 bridgehead atoms. The zero-order chi connectivity index (χ0) is 25.1. The summed E-state index contributed by atoms with van der Waals surface area (Å²) in [6.45, 7) is 0. The summed E-state index contributed by atoms with van der Waals surface area (Å²) < 4.78 is 8.82. The Balaban J connectivity index is 1.52. The van der Waals surface area contributed by atoms with Gasteiger partial charge in [-0.3, -0.25) is 0 Å². The van der Waals surface area contributed by atoms with Gasteiger partial charge in [0.2, 0.25) is 0 Å².